The Morgan fingerprint density at radius 2 is 1.02 bits per heavy atom. The Morgan fingerprint density at radius 1 is 0.622 bits per heavy atom. The zero-order chi connectivity index (χ0) is 33.4. The van der Waals surface area contributed by atoms with Crippen LogP contribution in [0.5, 0.6) is 0 Å². The number of phosphoric ester groups is 1. The van der Waals surface area contributed by atoms with E-state index in [1.807, 2.05) is 0 Å². The quantitative estimate of drug-likeness (QED) is 0.0340. The Kier molecular flexibility index (Phi) is 30.8. The normalized spacial score (nSPS) is 14.2. The Morgan fingerprint density at radius 3 is 1.47 bits per heavy atom. The molecule has 11 heteroatoms. The molecule has 10 nitrogen and oxygen atoms in total. The van der Waals surface area contributed by atoms with Crippen LogP contribution in [0.15, 0.2) is 0 Å². The first kappa shape index (κ1) is 44.0. The fourth-order valence-electron chi connectivity index (χ4n) is 5.01. The van der Waals surface area contributed by atoms with Crippen molar-refractivity contribution in [1.82, 2.24) is 0 Å². The van der Waals surface area contributed by atoms with Crippen molar-refractivity contribution in [3.05, 3.63) is 0 Å². The number of phosphoric acid groups is 1. The number of unbranched alkanes of at least 4 members (excludes halogenated alkanes) is 21. The van der Waals surface area contributed by atoms with Crippen LogP contribution in [0.3, 0.4) is 0 Å². The molecule has 0 aliphatic heterocycles. The molecule has 0 bridgehead atoms. The lowest BCUT2D eigenvalue weighted by Crippen LogP contribution is -2.34. The van der Waals surface area contributed by atoms with Crippen molar-refractivity contribution < 1.29 is 42.7 Å². The molecule has 0 heterocycles. The number of carboxylic acid groups (broad SMARTS) is 1. The molecular weight excluding hydrogens is 597 g/mol. The number of carbonyl (C=O) groups is 2. The standard InChI is InChI=1S/C34H68NO9P/c1-3-5-7-9-11-13-14-15-16-17-19-21-23-25-27-41-28-31(29-42-45(39,40)43-30-32(35)34(37)38)44-33(36)26-24-22-20-18-12-10-8-6-4-2/h31-32H,3-30,35H2,1-2H3,(H,37,38)(H,39,40). The first-order valence-corrected chi connectivity index (χ1v) is 19.6. The summed E-state index contributed by atoms with van der Waals surface area (Å²) in [6, 6.07) is -1.47. The zero-order valence-corrected chi connectivity index (χ0v) is 29.6. The van der Waals surface area contributed by atoms with Gasteiger partial charge in [0.25, 0.3) is 0 Å². The second-order valence-electron chi connectivity index (χ2n) is 12.4. The number of aliphatic carboxylic acids is 1. The SMILES string of the molecule is CCCCCCCCCCCCCCCCOCC(COP(=O)(O)OCC(N)C(=O)O)OC(=O)CCCCCCCCCCC. The van der Waals surface area contributed by atoms with Crippen LogP contribution >= 0.6 is 7.82 Å². The van der Waals surface area contributed by atoms with Crippen molar-refractivity contribution in [3.8, 4) is 0 Å². The van der Waals surface area contributed by atoms with Crippen molar-refractivity contribution in [2.24, 2.45) is 5.73 Å². The maximum atomic E-state index is 12.5. The maximum absolute atomic E-state index is 12.5. The molecule has 3 unspecified atom stereocenters. The maximum Gasteiger partial charge on any atom is 0.472 e. The van der Waals surface area contributed by atoms with Crippen LogP contribution in [0.25, 0.3) is 0 Å². The number of rotatable bonds is 35. The molecule has 0 spiro atoms. The summed E-state index contributed by atoms with van der Waals surface area (Å²) in [6.45, 7) is 3.86. The fraction of sp³-hybridized carbons (Fsp3) is 0.941. The van der Waals surface area contributed by atoms with Gasteiger partial charge in [0.05, 0.1) is 19.8 Å². The molecule has 0 aliphatic rings. The first-order chi connectivity index (χ1) is 21.7. The summed E-state index contributed by atoms with van der Waals surface area (Å²) in [6.07, 6.45) is 27.3. The average Bonchev–Trinajstić information content (AvgIpc) is 3.01. The predicted molar refractivity (Wildman–Crippen MR) is 180 cm³/mol. The van der Waals surface area contributed by atoms with Gasteiger partial charge in [-0.15, -0.1) is 0 Å². The lowest BCUT2D eigenvalue weighted by Gasteiger charge is -2.20. The van der Waals surface area contributed by atoms with Crippen LogP contribution in [-0.4, -0.2) is 60.5 Å². The Balaban J connectivity index is 4.27. The molecule has 0 saturated heterocycles. The highest BCUT2D eigenvalue weighted by atomic mass is 31.2. The van der Waals surface area contributed by atoms with E-state index in [1.54, 1.807) is 0 Å². The summed E-state index contributed by atoms with van der Waals surface area (Å²) in [5.41, 5.74) is 5.32. The number of esters is 1. The number of carboxylic acids is 1. The topological polar surface area (TPSA) is 155 Å². The van der Waals surface area contributed by atoms with Crippen LogP contribution in [0.1, 0.15) is 168 Å². The van der Waals surface area contributed by atoms with Crippen LogP contribution < -0.4 is 5.73 Å². The third-order valence-corrected chi connectivity index (χ3v) is 8.84. The zero-order valence-electron chi connectivity index (χ0n) is 28.7. The summed E-state index contributed by atoms with van der Waals surface area (Å²) in [4.78, 5) is 33.2. The molecule has 45 heavy (non-hydrogen) atoms. The fourth-order valence-corrected chi connectivity index (χ4v) is 5.79. The minimum Gasteiger partial charge on any atom is -0.480 e. The predicted octanol–water partition coefficient (Wildman–Crippen LogP) is 8.86. The molecular formula is C34H68NO9P. The number of hydrogen-bond donors (Lipinski definition) is 3. The van der Waals surface area contributed by atoms with Gasteiger partial charge in [-0.25, -0.2) is 4.57 Å². The molecule has 0 fully saturated rings. The molecule has 3 atom stereocenters. The molecule has 0 aliphatic carbocycles. The third kappa shape index (κ3) is 31.3. The van der Waals surface area contributed by atoms with Crippen molar-refractivity contribution in [2.45, 2.75) is 180 Å². The minimum absolute atomic E-state index is 0.0244. The monoisotopic (exact) mass is 665 g/mol. The van der Waals surface area contributed by atoms with Gasteiger partial charge in [-0.1, -0.05) is 149 Å². The molecule has 268 valence electrons. The first-order valence-electron chi connectivity index (χ1n) is 18.1. The highest BCUT2D eigenvalue weighted by molar-refractivity contribution is 7.47. The van der Waals surface area contributed by atoms with Gasteiger partial charge < -0.3 is 25.2 Å². The van der Waals surface area contributed by atoms with Gasteiger partial charge in [0.2, 0.25) is 0 Å². The van der Waals surface area contributed by atoms with Gasteiger partial charge in [-0.2, -0.15) is 0 Å². The van der Waals surface area contributed by atoms with Gasteiger partial charge in [0, 0.05) is 13.0 Å². The molecule has 0 radical (unpaired) electrons. The van der Waals surface area contributed by atoms with Crippen molar-refractivity contribution in [1.29, 1.82) is 0 Å². The van der Waals surface area contributed by atoms with Gasteiger partial charge in [-0.05, 0) is 12.8 Å². The van der Waals surface area contributed by atoms with Crippen LogP contribution in [0.2, 0.25) is 0 Å². The Bertz CT molecular complexity index is 740. The van der Waals surface area contributed by atoms with E-state index in [0.717, 1.165) is 38.5 Å². The van der Waals surface area contributed by atoms with Crippen molar-refractivity contribution in [3.63, 3.8) is 0 Å². The second-order valence-corrected chi connectivity index (χ2v) is 13.8. The summed E-state index contributed by atoms with van der Waals surface area (Å²) < 4.78 is 33.1. The van der Waals surface area contributed by atoms with Gasteiger partial charge in [0.15, 0.2) is 0 Å². The van der Waals surface area contributed by atoms with E-state index >= 15 is 0 Å². The van der Waals surface area contributed by atoms with Gasteiger partial charge in [-0.3, -0.25) is 18.6 Å². The molecule has 0 aromatic carbocycles. The molecule has 0 amide bonds. The van der Waals surface area contributed by atoms with Crippen LogP contribution in [-0.2, 0) is 32.7 Å². The highest BCUT2D eigenvalue weighted by Gasteiger charge is 2.27. The molecule has 0 rings (SSSR count). The van der Waals surface area contributed by atoms with Crippen LogP contribution in [0, 0.1) is 0 Å². The lowest BCUT2D eigenvalue weighted by molar-refractivity contribution is -0.154. The highest BCUT2D eigenvalue weighted by Crippen LogP contribution is 2.43. The smallest absolute Gasteiger partial charge is 0.472 e. The third-order valence-electron chi connectivity index (χ3n) is 7.89. The molecule has 0 aromatic heterocycles. The van der Waals surface area contributed by atoms with E-state index in [-0.39, 0.29) is 13.0 Å². The molecule has 0 saturated carbocycles. The average molecular weight is 666 g/mol. The number of nitrogens with two attached hydrogens (primary N) is 1. The molecule has 0 aromatic rings. The van der Waals surface area contributed by atoms with Gasteiger partial charge >= 0.3 is 19.8 Å². The van der Waals surface area contributed by atoms with E-state index in [4.69, 9.17) is 24.8 Å². The largest absolute Gasteiger partial charge is 0.480 e. The molecule has 4 N–H and O–H groups in total. The second kappa shape index (κ2) is 31.6. The van der Waals surface area contributed by atoms with E-state index < -0.39 is 45.1 Å². The Labute approximate surface area is 274 Å². The number of carbonyl (C=O) groups excluding carboxylic acids is 1. The van der Waals surface area contributed by atoms with E-state index in [2.05, 4.69) is 18.4 Å². The number of ether oxygens (including phenoxy) is 2. The van der Waals surface area contributed by atoms with E-state index in [0.29, 0.717) is 6.61 Å². The summed E-state index contributed by atoms with van der Waals surface area (Å²) in [5.74, 6) is -1.77. The van der Waals surface area contributed by atoms with Crippen molar-refractivity contribution >= 4 is 19.8 Å². The van der Waals surface area contributed by atoms with E-state index in [9.17, 15) is 19.0 Å². The minimum atomic E-state index is -4.59. The van der Waals surface area contributed by atoms with Crippen molar-refractivity contribution in [2.75, 3.05) is 26.4 Å². The van der Waals surface area contributed by atoms with Crippen LogP contribution in [0.4, 0.5) is 0 Å². The summed E-state index contributed by atoms with van der Waals surface area (Å²) >= 11 is 0. The van der Waals surface area contributed by atoms with Gasteiger partial charge in [0.1, 0.15) is 12.1 Å². The Hall–Kier alpha value is -1.03. The lowest BCUT2D eigenvalue weighted by atomic mass is 10.0. The summed E-state index contributed by atoms with van der Waals surface area (Å²) in [5, 5.41) is 8.84. The summed E-state index contributed by atoms with van der Waals surface area (Å²) in [7, 11) is -4.59. The van der Waals surface area contributed by atoms with E-state index in [1.165, 1.54) is 109 Å². The number of hydrogen-bond acceptors (Lipinski definition) is 8.